The lowest BCUT2D eigenvalue weighted by atomic mass is 10.1. The average Bonchev–Trinajstić information content (AvgIpc) is 2.51. The van der Waals surface area contributed by atoms with Crippen LogP contribution < -0.4 is 0 Å². The van der Waals surface area contributed by atoms with Crippen molar-refractivity contribution in [3.05, 3.63) is 76.9 Å². The number of alkyl halides is 6. The molecule has 2 aromatic rings. The van der Waals surface area contributed by atoms with E-state index < -0.39 is 23.5 Å². The fourth-order valence-corrected chi connectivity index (χ4v) is 1.79. The molecule has 0 radical (unpaired) electrons. The van der Waals surface area contributed by atoms with Crippen LogP contribution in [0.1, 0.15) is 22.3 Å². The van der Waals surface area contributed by atoms with E-state index in [4.69, 9.17) is 0 Å². The van der Waals surface area contributed by atoms with Gasteiger partial charge in [-0.3, -0.25) is 0 Å². The van der Waals surface area contributed by atoms with Gasteiger partial charge in [0.1, 0.15) is 0 Å². The molecule has 124 valence electrons. The number of benzene rings is 2. The Hall–Kier alpha value is -2.68. The largest absolute Gasteiger partial charge is 0.416 e. The molecule has 0 nitrogen and oxygen atoms in total. The third-order valence-electron chi connectivity index (χ3n) is 3.03. The van der Waals surface area contributed by atoms with E-state index in [1.807, 2.05) is 0 Å². The number of halogens is 6. The van der Waals surface area contributed by atoms with Gasteiger partial charge in [-0.25, -0.2) is 0 Å². The Morgan fingerprint density at radius 1 is 0.667 bits per heavy atom. The van der Waals surface area contributed by atoms with Crippen LogP contribution in [0.5, 0.6) is 0 Å². The van der Waals surface area contributed by atoms with Gasteiger partial charge < -0.3 is 0 Å². The predicted molar refractivity (Wildman–Crippen MR) is 78.8 cm³/mol. The molecule has 0 heterocycles. The minimum Gasteiger partial charge on any atom is -0.166 e. The van der Waals surface area contributed by atoms with Crippen molar-refractivity contribution in [2.75, 3.05) is 0 Å². The minimum absolute atomic E-state index is 0.403. The topological polar surface area (TPSA) is 0 Å². The number of hydrogen-bond donors (Lipinski definition) is 0. The second kappa shape index (κ2) is 6.83. The summed E-state index contributed by atoms with van der Waals surface area (Å²) in [6.45, 7) is 0. The molecule has 0 bridgehead atoms. The van der Waals surface area contributed by atoms with Crippen molar-refractivity contribution in [3.8, 4) is 11.8 Å². The molecule has 0 saturated carbocycles. The highest BCUT2D eigenvalue weighted by Crippen LogP contribution is 2.29. The number of rotatable bonds is 1. The molecule has 24 heavy (non-hydrogen) atoms. The first-order chi connectivity index (χ1) is 11.2. The molecule has 2 rings (SSSR count). The average molecular weight is 340 g/mol. The van der Waals surface area contributed by atoms with Gasteiger partial charge in [-0.15, -0.1) is 0 Å². The molecule has 0 amide bonds. The Kier molecular flexibility index (Phi) is 5.03. The van der Waals surface area contributed by atoms with Crippen molar-refractivity contribution < 1.29 is 26.3 Å². The van der Waals surface area contributed by atoms with E-state index in [9.17, 15) is 26.3 Å². The van der Waals surface area contributed by atoms with Gasteiger partial charge in [0.15, 0.2) is 0 Å². The third-order valence-corrected chi connectivity index (χ3v) is 3.03. The molecule has 0 aliphatic heterocycles. The lowest BCUT2D eigenvalue weighted by Crippen LogP contribution is -2.04. The molecule has 0 aliphatic carbocycles. The zero-order valence-corrected chi connectivity index (χ0v) is 12.0. The highest BCUT2D eigenvalue weighted by atomic mass is 19.4. The second-order valence-electron chi connectivity index (χ2n) is 4.80. The van der Waals surface area contributed by atoms with Gasteiger partial charge in [0.25, 0.3) is 0 Å². The van der Waals surface area contributed by atoms with Crippen LogP contribution in [0.4, 0.5) is 26.3 Å². The van der Waals surface area contributed by atoms with Crippen molar-refractivity contribution in [2.45, 2.75) is 12.4 Å². The van der Waals surface area contributed by atoms with Gasteiger partial charge in [0.05, 0.1) is 11.1 Å². The zero-order valence-electron chi connectivity index (χ0n) is 12.0. The van der Waals surface area contributed by atoms with Crippen molar-refractivity contribution in [3.63, 3.8) is 0 Å². The quantitative estimate of drug-likeness (QED) is 0.455. The van der Waals surface area contributed by atoms with Crippen LogP contribution >= 0.6 is 0 Å². The molecule has 2 aromatic carbocycles. The zero-order chi connectivity index (χ0) is 17.8. The van der Waals surface area contributed by atoms with Gasteiger partial charge in [0.2, 0.25) is 0 Å². The summed E-state index contributed by atoms with van der Waals surface area (Å²) in [7, 11) is 0. The normalized spacial score (nSPS) is 12.1. The smallest absolute Gasteiger partial charge is 0.166 e. The van der Waals surface area contributed by atoms with Crippen molar-refractivity contribution in [2.24, 2.45) is 0 Å². The van der Waals surface area contributed by atoms with E-state index in [1.54, 1.807) is 0 Å². The first-order valence-corrected chi connectivity index (χ1v) is 6.69. The Morgan fingerprint density at radius 3 is 1.58 bits per heavy atom. The van der Waals surface area contributed by atoms with Crippen LogP contribution in [0, 0.1) is 11.8 Å². The van der Waals surface area contributed by atoms with E-state index >= 15 is 0 Å². The van der Waals surface area contributed by atoms with Crippen LogP contribution in [-0.2, 0) is 12.4 Å². The van der Waals surface area contributed by atoms with Crippen LogP contribution in [0.2, 0.25) is 0 Å². The van der Waals surface area contributed by atoms with Crippen molar-refractivity contribution >= 4 is 6.08 Å². The van der Waals surface area contributed by atoms with Crippen molar-refractivity contribution in [1.82, 2.24) is 0 Å². The van der Waals surface area contributed by atoms with Gasteiger partial charge in [-0.1, -0.05) is 24.0 Å². The monoisotopic (exact) mass is 340 g/mol. The van der Waals surface area contributed by atoms with Crippen LogP contribution in [0.25, 0.3) is 6.08 Å². The highest BCUT2D eigenvalue weighted by Gasteiger charge is 2.30. The van der Waals surface area contributed by atoms with Gasteiger partial charge >= 0.3 is 12.4 Å². The van der Waals surface area contributed by atoms with Crippen LogP contribution in [0.15, 0.2) is 54.6 Å². The maximum absolute atomic E-state index is 12.4. The SMILES string of the molecule is FC(F)(F)c1ccc(C#CC=Cc2ccc(C(F)(F)F)cc2)cc1. The molecule has 0 aliphatic rings. The predicted octanol–water partition coefficient (Wildman–Crippen LogP) is 5.79. The fourth-order valence-electron chi connectivity index (χ4n) is 1.79. The molecule has 6 heteroatoms. The summed E-state index contributed by atoms with van der Waals surface area (Å²) in [5, 5.41) is 0. The molecule has 0 N–H and O–H groups in total. The summed E-state index contributed by atoms with van der Waals surface area (Å²) >= 11 is 0. The summed E-state index contributed by atoms with van der Waals surface area (Å²) in [6.07, 6.45) is -5.85. The summed E-state index contributed by atoms with van der Waals surface area (Å²) in [4.78, 5) is 0. The number of hydrogen-bond acceptors (Lipinski definition) is 0. The first-order valence-electron chi connectivity index (χ1n) is 6.69. The lowest BCUT2D eigenvalue weighted by Gasteiger charge is -2.05. The Morgan fingerprint density at radius 2 is 1.12 bits per heavy atom. The summed E-state index contributed by atoms with van der Waals surface area (Å²) < 4.78 is 74.4. The van der Waals surface area contributed by atoms with Crippen molar-refractivity contribution in [1.29, 1.82) is 0 Å². The maximum atomic E-state index is 12.4. The van der Waals surface area contributed by atoms with Gasteiger partial charge in [-0.05, 0) is 54.1 Å². The molecular formula is C18H10F6. The molecule has 0 atom stereocenters. The van der Waals surface area contributed by atoms with Gasteiger partial charge in [0, 0.05) is 5.56 Å². The lowest BCUT2D eigenvalue weighted by molar-refractivity contribution is -0.138. The van der Waals surface area contributed by atoms with E-state index in [0.717, 1.165) is 24.3 Å². The highest BCUT2D eigenvalue weighted by molar-refractivity contribution is 5.54. The second-order valence-corrected chi connectivity index (χ2v) is 4.80. The van der Waals surface area contributed by atoms with E-state index in [1.165, 1.54) is 36.4 Å². The minimum atomic E-state index is -4.39. The standard InChI is InChI=1S/C18H10F6/c19-17(20,21)15-9-5-13(6-10-15)3-1-2-4-14-7-11-16(12-8-14)18(22,23)24/h1,3,5-12H. The van der Waals surface area contributed by atoms with E-state index in [-0.39, 0.29) is 0 Å². The molecule has 0 aromatic heterocycles. The number of allylic oxidation sites excluding steroid dienone is 1. The summed E-state index contributed by atoms with van der Waals surface area (Å²) in [6, 6.07) is 8.90. The van der Waals surface area contributed by atoms with E-state index in [0.29, 0.717) is 11.1 Å². The fraction of sp³-hybridized carbons (Fsp3) is 0.111. The summed E-state index contributed by atoms with van der Waals surface area (Å²) in [5.74, 6) is 5.26. The molecule has 0 spiro atoms. The van der Waals surface area contributed by atoms with Crippen LogP contribution in [0.3, 0.4) is 0 Å². The Labute approximate surface area is 134 Å². The van der Waals surface area contributed by atoms with Crippen LogP contribution in [-0.4, -0.2) is 0 Å². The maximum Gasteiger partial charge on any atom is 0.416 e. The summed E-state index contributed by atoms with van der Waals surface area (Å²) in [5.41, 5.74) is -0.561. The Bertz CT molecular complexity index is 766. The molecule has 0 saturated heterocycles. The molecule has 0 unspecified atom stereocenters. The third kappa shape index (κ3) is 4.92. The Balaban J connectivity index is 2.03. The van der Waals surface area contributed by atoms with E-state index in [2.05, 4.69) is 11.8 Å². The van der Waals surface area contributed by atoms with Gasteiger partial charge in [-0.2, -0.15) is 26.3 Å². The first kappa shape index (κ1) is 17.7. The molecule has 0 fully saturated rings. The molecular weight excluding hydrogens is 330 g/mol.